The molecule has 0 spiro atoms. The molecule has 0 bridgehead atoms. The number of amides is 1. The fourth-order valence-corrected chi connectivity index (χ4v) is 5.48. The van der Waals surface area contributed by atoms with Crippen molar-refractivity contribution in [3.63, 3.8) is 0 Å². The Morgan fingerprint density at radius 1 is 1.12 bits per heavy atom. The monoisotopic (exact) mass is 464 g/mol. The summed E-state index contributed by atoms with van der Waals surface area (Å²) in [7, 11) is -2.28. The van der Waals surface area contributed by atoms with Gasteiger partial charge in [-0.15, -0.1) is 0 Å². The number of hydrogen-bond donors (Lipinski definition) is 2. The van der Waals surface area contributed by atoms with Gasteiger partial charge in [0, 0.05) is 13.1 Å². The van der Waals surface area contributed by atoms with Gasteiger partial charge in [-0.2, -0.15) is 4.72 Å². The second kappa shape index (κ2) is 8.49. The van der Waals surface area contributed by atoms with E-state index in [1.807, 2.05) is 30.3 Å². The molecule has 2 N–H and O–H groups in total. The molecule has 2 heterocycles. The lowest BCUT2D eigenvalue weighted by Crippen LogP contribution is -2.41. The van der Waals surface area contributed by atoms with Gasteiger partial charge in [0.25, 0.3) is 0 Å². The van der Waals surface area contributed by atoms with Gasteiger partial charge in [0.2, 0.25) is 15.9 Å². The molecule has 1 aromatic heterocycles. The van der Waals surface area contributed by atoms with Crippen LogP contribution >= 0.6 is 0 Å². The van der Waals surface area contributed by atoms with Gasteiger partial charge in [0.15, 0.2) is 0 Å². The van der Waals surface area contributed by atoms with Gasteiger partial charge in [0.05, 0.1) is 29.4 Å². The highest BCUT2D eigenvalue weighted by Crippen LogP contribution is 2.24. The van der Waals surface area contributed by atoms with E-state index in [0.29, 0.717) is 31.7 Å². The predicted molar refractivity (Wildman–Crippen MR) is 126 cm³/mol. The van der Waals surface area contributed by atoms with E-state index in [2.05, 4.69) is 14.7 Å². The molecule has 0 aliphatic carbocycles. The lowest BCUT2D eigenvalue weighted by atomic mass is 10.1. The molecule has 1 saturated heterocycles. The van der Waals surface area contributed by atoms with Crippen molar-refractivity contribution in [3.8, 4) is 5.75 Å². The Labute approximate surface area is 191 Å². The van der Waals surface area contributed by atoms with Crippen LogP contribution < -0.4 is 9.46 Å². The Kier molecular flexibility index (Phi) is 5.51. The number of H-pyrrole nitrogens is 1. The number of sulfonamides is 1. The van der Waals surface area contributed by atoms with Crippen LogP contribution in [-0.4, -0.2) is 55.4 Å². The van der Waals surface area contributed by atoms with E-state index in [9.17, 15) is 13.2 Å². The number of imidazole rings is 1. The third-order valence-electron chi connectivity index (χ3n) is 6.08. The molecule has 1 amide bonds. The number of likely N-dealkylation sites (tertiary alicyclic amines) is 1. The summed E-state index contributed by atoms with van der Waals surface area (Å²) < 4.78 is 33.8. The first-order chi connectivity index (χ1) is 15.9. The summed E-state index contributed by atoms with van der Waals surface area (Å²) >= 11 is 0. The van der Waals surface area contributed by atoms with Gasteiger partial charge < -0.3 is 14.6 Å². The second-order valence-corrected chi connectivity index (χ2v) is 9.88. The molecule has 33 heavy (non-hydrogen) atoms. The van der Waals surface area contributed by atoms with Crippen molar-refractivity contribution >= 4 is 37.7 Å². The zero-order chi connectivity index (χ0) is 23.0. The highest BCUT2D eigenvalue weighted by atomic mass is 32.2. The second-order valence-electron chi connectivity index (χ2n) is 8.17. The Bertz CT molecular complexity index is 1450. The van der Waals surface area contributed by atoms with Crippen LogP contribution in [0.1, 0.15) is 12.0 Å². The molecular weight excluding hydrogens is 440 g/mol. The summed E-state index contributed by atoms with van der Waals surface area (Å²) in [6.07, 6.45) is 2.78. The molecule has 0 saturated carbocycles. The molecule has 5 rings (SSSR count). The first-order valence-corrected chi connectivity index (χ1v) is 12.2. The lowest BCUT2D eigenvalue weighted by molar-refractivity contribution is -0.129. The Hall–Kier alpha value is -3.43. The van der Waals surface area contributed by atoms with Crippen molar-refractivity contribution in [1.82, 2.24) is 19.6 Å². The largest absolute Gasteiger partial charge is 0.497 e. The molecule has 8 nitrogen and oxygen atoms in total. The van der Waals surface area contributed by atoms with Crippen LogP contribution in [0, 0.1) is 0 Å². The Balaban J connectivity index is 1.26. The van der Waals surface area contributed by atoms with Crippen molar-refractivity contribution in [2.45, 2.75) is 23.8 Å². The molecule has 4 aromatic rings. The summed E-state index contributed by atoms with van der Waals surface area (Å²) in [5.74, 6) is 0.460. The number of carbonyl (C=O) groups is 1. The minimum absolute atomic E-state index is 0.127. The first kappa shape index (κ1) is 21.4. The molecule has 1 fully saturated rings. The first-order valence-electron chi connectivity index (χ1n) is 10.7. The normalized spacial score (nSPS) is 16.7. The smallest absolute Gasteiger partial charge is 0.241 e. The number of carbonyl (C=O) groups excluding carboxylic acids is 1. The zero-order valence-corrected chi connectivity index (χ0v) is 18.9. The summed E-state index contributed by atoms with van der Waals surface area (Å²) in [6, 6.07) is 15.6. The molecular formula is C24H24N4O4S. The number of nitrogens with zero attached hydrogens (tertiary/aromatic N) is 2. The number of nitrogens with one attached hydrogen (secondary N) is 2. The van der Waals surface area contributed by atoms with E-state index in [0.717, 1.165) is 27.4 Å². The van der Waals surface area contributed by atoms with E-state index in [1.165, 1.54) is 0 Å². The predicted octanol–water partition coefficient (Wildman–Crippen LogP) is 2.85. The lowest BCUT2D eigenvalue weighted by Gasteiger charge is -2.17. The van der Waals surface area contributed by atoms with Crippen molar-refractivity contribution in [2.24, 2.45) is 0 Å². The fraction of sp³-hybridized carbons (Fsp3) is 0.250. The quantitative estimate of drug-likeness (QED) is 0.438. The van der Waals surface area contributed by atoms with Gasteiger partial charge >= 0.3 is 0 Å². The van der Waals surface area contributed by atoms with Crippen LogP contribution in [0.15, 0.2) is 65.8 Å². The molecule has 3 aromatic carbocycles. The van der Waals surface area contributed by atoms with E-state index in [1.54, 1.807) is 42.6 Å². The van der Waals surface area contributed by atoms with Crippen LogP contribution in [0.4, 0.5) is 0 Å². The number of benzene rings is 3. The number of ether oxygens (including phenoxy) is 1. The molecule has 1 aliphatic heterocycles. The number of aromatic nitrogens is 2. The van der Waals surface area contributed by atoms with Crippen molar-refractivity contribution in [2.75, 3.05) is 20.2 Å². The van der Waals surface area contributed by atoms with Crippen LogP contribution in [0.2, 0.25) is 0 Å². The van der Waals surface area contributed by atoms with E-state index in [-0.39, 0.29) is 10.8 Å². The summed E-state index contributed by atoms with van der Waals surface area (Å²) in [5, 5.41) is 1.66. The summed E-state index contributed by atoms with van der Waals surface area (Å²) in [5.41, 5.74) is 2.95. The van der Waals surface area contributed by atoms with Crippen molar-refractivity contribution in [1.29, 1.82) is 0 Å². The maximum absolute atomic E-state index is 13.0. The third-order valence-corrected chi connectivity index (χ3v) is 7.55. The number of rotatable bonds is 7. The van der Waals surface area contributed by atoms with Gasteiger partial charge in [0.1, 0.15) is 11.8 Å². The average molecular weight is 465 g/mol. The standard InChI is InChI=1S/C24H24N4O4S/c1-32-19-5-3-17-4-6-20(14-18(17)13-19)33(30,31)27-22-9-11-28(24(22)29)10-8-16-2-7-21-23(12-16)26-15-25-21/h2-7,12-15,22,27H,8-11H2,1H3,(H,25,26). The number of hydrogen-bond acceptors (Lipinski definition) is 5. The van der Waals surface area contributed by atoms with Gasteiger partial charge in [-0.1, -0.05) is 18.2 Å². The van der Waals surface area contributed by atoms with Crippen LogP contribution in [0.5, 0.6) is 5.75 Å². The van der Waals surface area contributed by atoms with Crippen LogP contribution in [0.25, 0.3) is 21.8 Å². The average Bonchev–Trinajstić information content (AvgIpc) is 3.43. The zero-order valence-electron chi connectivity index (χ0n) is 18.1. The number of aromatic amines is 1. The highest BCUT2D eigenvalue weighted by molar-refractivity contribution is 7.89. The highest BCUT2D eigenvalue weighted by Gasteiger charge is 2.34. The molecule has 1 aliphatic rings. The maximum atomic E-state index is 13.0. The molecule has 0 radical (unpaired) electrons. The van der Waals surface area contributed by atoms with E-state index >= 15 is 0 Å². The Morgan fingerprint density at radius 3 is 2.82 bits per heavy atom. The molecule has 1 atom stereocenters. The maximum Gasteiger partial charge on any atom is 0.241 e. The minimum atomic E-state index is -3.85. The number of fused-ring (bicyclic) bond motifs is 2. The van der Waals surface area contributed by atoms with Gasteiger partial charge in [-0.3, -0.25) is 4.79 Å². The summed E-state index contributed by atoms with van der Waals surface area (Å²) in [4.78, 5) is 22.0. The van der Waals surface area contributed by atoms with Crippen LogP contribution in [-0.2, 0) is 21.2 Å². The van der Waals surface area contributed by atoms with Crippen molar-refractivity contribution in [3.05, 3.63) is 66.5 Å². The van der Waals surface area contributed by atoms with Gasteiger partial charge in [-0.05, 0) is 65.6 Å². The topological polar surface area (TPSA) is 104 Å². The Morgan fingerprint density at radius 2 is 1.97 bits per heavy atom. The van der Waals surface area contributed by atoms with Gasteiger partial charge in [-0.25, -0.2) is 13.4 Å². The SMILES string of the molecule is COc1ccc2ccc(S(=O)(=O)NC3CCN(CCc4ccc5nc[nH]c5c4)C3=O)cc2c1. The summed E-state index contributed by atoms with van der Waals surface area (Å²) in [6.45, 7) is 1.06. The molecule has 1 unspecified atom stereocenters. The fourth-order valence-electron chi connectivity index (χ4n) is 4.22. The minimum Gasteiger partial charge on any atom is -0.497 e. The molecule has 170 valence electrons. The number of methoxy groups -OCH3 is 1. The van der Waals surface area contributed by atoms with Crippen LogP contribution in [0.3, 0.4) is 0 Å². The van der Waals surface area contributed by atoms with E-state index < -0.39 is 16.1 Å². The van der Waals surface area contributed by atoms with Crippen molar-refractivity contribution < 1.29 is 17.9 Å². The molecule has 9 heteroatoms. The van der Waals surface area contributed by atoms with E-state index in [4.69, 9.17) is 4.74 Å². The third kappa shape index (κ3) is 4.29.